The normalized spacial score (nSPS) is 27.1. The van der Waals surface area contributed by atoms with Gasteiger partial charge in [-0.1, -0.05) is 43.9 Å². The summed E-state index contributed by atoms with van der Waals surface area (Å²) >= 11 is 0. The van der Waals surface area contributed by atoms with Gasteiger partial charge in [-0.05, 0) is 18.9 Å². The monoisotopic (exact) mass is 263 g/mol. The van der Waals surface area contributed by atoms with Crippen molar-refractivity contribution in [3.63, 3.8) is 0 Å². The van der Waals surface area contributed by atoms with Gasteiger partial charge >= 0.3 is 0 Å². The molecule has 1 atom stereocenters. The first kappa shape index (κ1) is 13.1. The third kappa shape index (κ3) is 2.82. The van der Waals surface area contributed by atoms with E-state index in [0.717, 1.165) is 19.4 Å². The van der Waals surface area contributed by atoms with Gasteiger partial charge in [-0.15, -0.1) is 0 Å². The molecule has 1 aliphatic carbocycles. The largest absolute Gasteiger partial charge is 0.364 e. The molecule has 0 aromatic heterocycles. The molecule has 19 heavy (non-hydrogen) atoms. The minimum Gasteiger partial charge on any atom is -0.364 e. The molecule has 104 valence electrons. The molecule has 1 aliphatic heterocycles. The number of benzene rings is 1. The maximum atomic E-state index is 13.9. The summed E-state index contributed by atoms with van der Waals surface area (Å²) in [5, 5.41) is 3.46. The molecular formula is C16H22FNO. The van der Waals surface area contributed by atoms with E-state index < -0.39 is 0 Å². The predicted octanol–water partition coefficient (Wildman–Crippen LogP) is 3.58. The summed E-state index contributed by atoms with van der Waals surface area (Å²) < 4.78 is 20.3. The first-order chi connectivity index (χ1) is 9.29. The third-order valence-electron chi connectivity index (χ3n) is 4.44. The SMILES string of the molecule is Fc1ccccc1C1CNCC2(CCCCCC2)O1. The van der Waals surface area contributed by atoms with Crippen LogP contribution in [0.3, 0.4) is 0 Å². The zero-order valence-corrected chi connectivity index (χ0v) is 11.3. The summed E-state index contributed by atoms with van der Waals surface area (Å²) in [7, 11) is 0. The number of morpholine rings is 1. The molecule has 1 spiro atoms. The lowest BCUT2D eigenvalue weighted by Gasteiger charge is -2.41. The van der Waals surface area contributed by atoms with E-state index in [1.54, 1.807) is 6.07 Å². The second-order valence-electron chi connectivity index (χ2n) is 5.86. The lowest BCUT2D eigenvalue weighted by Crippen LogP contribution is -2.50. The first-order valence-electron chi connectivity index (χ1n) is 7.42. The van der Waals surface area contributed by atoms with Crippen LogP contribution in [-0.4, -0.2) is 18.7 Å². The number of rotatable bonds is 1. The molecule has 1 aromatic carbocycles. The van der Waals surface area contributed by atoms with Gasteiger partial charge in [0.15, 0.2) is 0 Å². The molecule has 0 radical (unpaired) electrons. The molecule has 1 N–H and O–H groups in total. The highest BCUT2D eigenvalue weighted by Crippen LogP contribution is 2.37. The van der Waals surface area contributed by atoms with Crippen molar-refractivity contribution < 1.29 is 9.13 Å². The fraction of sp³-hybridized carbons (Fsp3) is 0.625. The highest BCUT2D eigenvalue weighted by Gasteiger charge is 2.38. The zero-order chi connectivity index (χ0) is 13.1. The van der Waals surface area contributed by atoms with Gasteiger partial charge in [0.05, 0.1) is 11.7 Å². The second kappa shape index (κ2) is 5.59. The van der Waals surface area contributed by atoms with Crippen molar-refractivity contribution in [2.45, 2.75) is 50.2 Å². The molecule has 0 amide bonds. The van der Waals surface area contributed by atoms with E-state index in [9.17, 15) is 4.39 Å². The van der Waals surface area contributed by atoms with Gasteiger partial charge in [0.1, 0.15) is 5.82 Å². The third-order valence-corrected chi connectivity index (χ3v) is 4.44. The van der Waals surface area contributed by atoms with E-state index in [2.05, 4.69) is 5.32 Å². The Morgan fingerprint density at radius 3 is 2.58 bits per heavy atom. The maximum absolute atomic E-state index is 13.9. The molecule has 0 bridgehead atoms. The van der Waals surface area contributed by atoms with Crippen LogP contribution >= 0.6 is 0 Å². The van der Waals surface area contributed by atoms with Crippen molar-refractivity contribution >= 4 is 0 Å². The minimum absolute atomic E-state index is 0.0678. The lowest BCUT2D eigenvalue weighted by atomic mass is 9.91. The summed E-state index contributed by atoms with van der Waals surface area (Å²) in [4.78, 5) is 0. The Hall–Kier alpha value is -0.930. The molecular weight excluding hydrogens is 241 g/mol. The molecule has 3 heteroatoms. The van der Waals surface area contributed by atoms with Crippen LogP contribution in [0.25, 0.3) is 0 Å². The van der Waals surface area contributed by atoms with Crippen LogP contribution in [0, 0.1) is 5.82 Å². The predicted molar refractivity (Wildman–Crippen MR) is 73.5 cm³/mol. The Kier molecular flexibility index (Phi) is 3.85. The van der Waals surface area contributed by atoms with Gasteiger partial charge in [0.2, 0.25) is 0 Å². The lowest BCUT2D eigenvalue weighted by molar-refractivity contribution is -0.127. The van der Waals surface area contributed by atoms with Crippen LogP contribution in [0.4, 0.5) is 4.39 Å². The van der Waals surface area contributed by atoms with Gasteiger partial charge in [-0.25, -0.2) is 4.39 Å². The van der Waals surface area contributed by atoms with Crippen molar-refractivity contribution in [3.8, 4) is 0 Å². The van der Waals surface area contributed by atoms with Crippen molar-refractivity contribution in [3.05, 3.63) is 35.6 Å². The highest BCUT2D eigenvalue weighted by atomic mass is 19.1. The summed E-state index contributed by atoms with van der Waals surface area (Å²) in [5.41, 5.74) is 0.625. The van der Waals surface area contributed by atoms with Crippen molar-refractivity contribution in [1.82, 2.24) is 5.32 Å². The molecule has 1 aromatic rings. The van der Waals surface area contributed by atoms with Gasteiger partial charge in [-0.2, -0.15) is 0 Å². The number of hydrogen-bond donors (Lipinski definition) is 1. The molecule has 2 nitrogen and oxygen atoms in total. The Bertz CT molecular complexity index is 427. The number of ether oxygens (including phenoxy) is 1. The summed E-state index contributed by atoms with van der Waals surface area (Å²) in [6.07, 6.45) is 7.12. The fourth-order valence-electron chi connectivity index (χ4n) is 3.39. The highest BCUT2D eigenvalue weighted by molar-refractivity contribution is 5.21. The van der Waals surface area contributed by atoms with E-state index >= 15 is 0 Å². The molecule has 1 saturated carbocycles. The van der Waals surface area contributed by atoms with Crippen LogP contribution in [0.15, 0.2) is 24.3 Å². The van der Waals surface area contributed by atoms with Crippen LogP contribution < -0.4 is 5.32 Å². The van der Waals surface area contributed by atoms with E-state index in [0.29, 0.717) is 12.1 Å². The van der Waals surface area contributed by atoms with Gasteiger partial charge in [0, 0.05) is 18.7 Å². The average molecular weight is 263 g/mol. The molecule has 2 fully saturated rings. The maximum Gasteiger partial charge on any atom is 0.129 e. The van der Waals surface area contributed by atoms with E-state index in [1.165, 1.54) is 31.7 Å². The Labute approximate surface area is 114 Å². The molecule has 1 saturated heterocycles. The fourth-order valence-corrected chi connectivity index (χ4v) is 3.39. The molecule has 1 unspecified atom stereocenters. The Balaban J connectivity index is 1.79. The summed E-state index contributed by atoms with van der Waals surface area (Å²) in [6.45, 7) is 1.63. The molecule has 2 aliphatic rings. The van der Waals surface area contributed by atoms with Gasteiger partial charge < -0.3 is 10.1 Å². The smallest absolute Gasteiger partial charge is 0.129 e. The number of nitrogens with one attached hydrogen (secondary N) is 1. The first-order valence-corrected chi connectivity index (χ1v) is 7.42. The second-order valence-corrected chi connectivity index (χ2v) is 5.86. The van der Waals surface area contributed by atoms with E-state index in [1.807, 2.05) is 12.1 Å². The van der Waals surface area contributed by atoms with Crippen molar-refractivity contribution in [1.29, 1.82) is 0 Å². The topological polar surface area (TPSA) is 21.3 Å². The van der Waals surface area contributed by atoms with Crippen LogP contribution in [0.1, 0.15) is 50.2 Å². The van der Waals surface area contributed by atoms with Crippen molar-refractivity contribution in [2.75, 3.05) is 13.1 Å². The standard InChI is InChI=1S/C16H22FNO/c17-14-8-4-3-7-13(14)15-11-18-12-16(19-15)9-5-1-2-6-10-16/h3-4,7-8,15,18H,1-2,5-6,9-12H2. The van der Waals surface area contributed by atoms with Gasteiger partial charge in [-0.3, -0.25) is 0 Å². The van der Waals surface area contributed by atoms with Crippen LogP contribution in [-0.2, 0) is 4.74 Å². The van der Waals surface area contributed by atoms with Gasteiger partial charge in [0.25, 0.3) is 0 Å². The van der Waals surface area contributed by atoms with Crippen molar-refractivity contribution in [2.24, 2.45) is 0 Å². The van der Waals surface area contributed by atoms with E-state index in [4.69, 9.17) is 4.74 Å². The quantitative estimate of drug-likeness (QED) is 0.836. The Morgan fingerprint density at radius 2 is 1.84 bits per heavy atom. The molecule has 3 rings (SSSR count). The Morgan fingerprint density at radius 1 is 1.11 bits per heavy atom. The minimum atomic E-state index is -0.153. The zero-order valence-electron chi connectivity index (χ0n) is 11.3. The number of halogens is 1. The van der Waals surface area contributed by atoms with E-state index in [-0.39, 0.29) is 17.5 Å². The molecule has 1 heterocycles. The van der Waals surface area contributed by atoms with Crippen LogP contribution in [0.5, 0.6) is 0 Å². The number of hydrogen-bond acceptors (Lipinski definition) is 2. The van der Waals surface area contributed by atoms with Crippen LogP contribution in [0.2, 0.25) is 0 Å². The summed E-state index contributed by atoms with van der Waals surface area (Å²) in [6, 6.07) is 6.98. The average Bonchev–Trinajstić information content (AvgIpc) is 2.65. The summed E-state index contributed by atoms with van der Waals surface area (Å²) in [5.74, 6) is -0.153.